The molecule has 0 aliphatic carbocycles. The van der Waals surface area contributed by atoms with Crippen LogP contribution in [-0.4, -0.2) is 49.9 Å². The summed E-state index contributed by atoms with van der Waals surface area (Å²) in [4.78, 5) is 31.2. The Labute approximate surface area is 141 Å². The molecule has 1 fully saturated rings. The summed E-state index contributed by atoms with van der Waals surface area (Å²) in [5.41, 5.74) is 2.03. The van der Waals surface area contributed by atoms with Crippen molar-refractivity contribution >= 4 is 5.91 Å². The van der Waals surface area contributed by atoms with Crippen molar-refractivity contribution in [2.45, 2.75) is 39.7 Å². The second kappa shape index (κ2) is 6.90. The van der Waals surface area contributed by atoms with Crippen LogP contribution in [0.25, 0.3) is 0 Å². The molecular formula is C17H21N5O2. The van der Waals surface area contributed by atoms with E-state index in [0.29, 0.717) is 30.5 Å². The highest BCUT2D eigenvalue weighted by Crippen LogP contribution is 2.18. The fourth-order valence-corrected chi connectivity index (χ4v) is 2.80. The van der Waals surface area contributed by atoms with Crippen LogP contribution in [0.15, 0.2) is 18.5 Å². The zero-order chi connectivity index (χ0) is 17.1. The van der Waals surface area contributed by atoms with Gasteiger partial charge < -0.3 is 9.64 Å². The van der Waals surface area contributed by atoms with Gasteiger partial charge in [0.2, 0.25) is 5.88 Å². The first-order chi connectivity index (χ1) is 11.5. The number of rotatable bonds is 3. The number of nitrogens with zero attached hydrogens (tertiary/aromatic N) is 5. The second-order valence-electron chi connectivity index (χ2n) is 6.07. The number of aryl methyl sites for hydroxylation is 3. The molecule has 1 aliphatic rings. The second-order valence-corrected chi connectivity index (χ2v) is 6.07. The molecule has 24 heavy (non-hydrogen) atoms. The minimum Gasteiger partial charge on any atom is -0.472 e. The van der Waals surface area contributed by atoms with E-state index in [1.54, 1.807) is 11.1 Å². The molecule has 0 spiro atoms. The highest BCUT2D eigenvalue weighted by molar-refractivity contribution is 5.92. The number of aromatic nitrogens is 4. The molecule has 1 saturated heterocycles. The topological polar surface area (TPSA) is 81.1 Å². The third-order valence-electron chi connectivity index (χ3n) is 3.90. The molecular weight excluding hydrogens is 306 g/mol. The number of carbonyl (C=O) groups is 1. The number of likely N-dealkylation sites (tertiary alicyclic amines) is 1. The molecule has 1 aliphatic heterocycles. The maximum Gasteiger partial charge on any atom is 0.274 e. The van der Waals surface area contributed by atoms with E-state index in [-0.39, 0.29) is 12.0 Å². The largest absolute Gasteiger partial charge is 0.472 e. The predicted molar refractivity (Wildman–Crippen MR) is 87.8 cm³/mol. The van der Waals surface area contributed by atoms with Gasteiger partial charge in [0.15, 0.2) is 0 Å². The van der Waals surface area contributed by atoms with Gasteiger partial charge in [0.25, 0.3) is 5.91 Å². The molecule has 126 valence electrons. The van der Waals surface area contributed by atoms with Gasteiger partial charge in [-0.15, -0.1) is 0 Å². The molecule has 2 aromatic heterocycles. The third-order valence-corrected chi connectivity index (χ3v) is 3.90. The van der Waals surface area contributed by atoms with Crippen LogP contribution in [0.5, 0.6) is 5.88 Å². The molecule has 0 aromatic carbocycles. The van der Waals surface area contributed by atoms with Gasteiger partial charge in [-0.2, -0.15) is 4.98 Å². The molecule has 3 rings (SSSR count). The van der Waals surface area contributed by atoms with Gasteiger partial charge in [0.05, 0.1) is 18.4 Å². The van der Waals surface area contributed by atoms with E-state index in [0.717, 1.165) is 24.2 Å². The molecule has 3 heterocycles. The Balaban J connectivity index is 1.67. The van der Waals surface area contributed by atoms with Gasteiger partial charge >= 0.3 is 0 Å². The summed E-state index contributed by atoms with van der Waals surface area (Å²) in [6.07, 6.45) is 4.84. The Morgan fingerprint density at radius 3 is 2.71 bits per heavy atom. The van der Waals surface area contributed by atoms with Crippen molar-refractivity contribution in [1.82, 2.24) is 24.8 Å². The van der Waals surface area contributed by atoms with E-state index in [1.807, 2.05) is 26.8 Å². The Morgan fingerprint density at radius 2 is 2.00 bits per heavy atom. The Hall–Kier alpha value is -2.57. The lowest BCUT2D eigenvalue weighted by atomic mass is 10.1. The van der Waals surface area contributed by atoms with Gasteiger partial charge in [-0.25, -0.2) is 9.97 Å². The molecule has 7 nitrogen and oxygen atoms in total. The molecule has 1 amide bonds. The number of hydrogen-bond acceptors (Lipinski definition) is 6. The number of carbonyl (C=O) groups excluding carboxylic acids is 1. The van der Waals surface area contributed by atoms with E-state index < -0.39 is 0 Å². The summed E-state index contributed by atoms with van der Waals surface area (Å²) in [6, 6.07) is 1.82. The fourth-order valence-electron chi connectivity index (χ4n) is 2.80. The van der Waals surface area contributed by atoms with Crippen LogP contribution in [-0.2, 0) is 0 Å². The van der Waals surface area contributed by atoms with Crippen LogP contribution < -0.4 is 4.74 Å². The summed E-state index contributed by atoms with van der Waals surface area (Å²) in [6.45, 7) is 6.82. The third kappa shape index (κ3) is 3.84. The molecule has 0 bridgehead atoms. The smallest absolute Gasteiger partial charge is 0.274 e. The molecule has 0 saturated carbocycles. The molecule has 7 heteroatoms. The van der Waals surface area contributed by atoms with Crippen molar-refractivity contribution in [3.8, 4) is 5.88 Å². The van der Waals surface area contributed by atoms with Crippen molar-refractivity contribution in [3.63, 3.8) is 0 Å². The first kappa shape index (κ1) is 16.3. The van der Waals surface area contributed by atoms with E-state index in [9.17, 15) is 4.79 Å². The van der Waals surface area contributed by atoms with Crippen molar-refractivity contribution in [1.29, 1.82) is 0 Å². The van der Waals surface area contributed by atoms with E-state index in [4.69, 9.17) is 4.74 Å². The Morgan fingerprint density at radius 1 is 1.17 bits per heavy atom. The van der Waals surface area contributed by atoms with Crippen molar-refractivity contribution in [3.05, 3.63) is 41.4 Å². The SMILES string of the molecule is Cc1cnc(C(=O)N2CCCC(Oc3cc(C)nc(C)n3)C2)cn1. The van der Waals surface area contributed by atoms with Gasteiger partial charge in [-0.05, 0) is 33.6 Å². The summed E-state index contributed by atoms with van der Waals surface area (Å²) in [5, 5.41) is 0. The van der Waals surface area contributed by atoms with E-state index in [2.05, 4.69) is 19.9 Å². The molecule has 0 N–H and O–H groups in total. The summed E-state index contributed by atoms with van der Waals surface area (Å²) in [7, 11) is 0. The van der Waals surface area contributed by atoms with Gasteiger partial charge in [-0.1, -0.05) is 0 Å². The lowest BCUT2D eigenvalue weighted by Crippen LogP contribution is -2.44. The first-order valence-corrected chi connectivity index (χ1v) is 8.08. The quantitative estimate of drug-likeness (QED) is 0.856. The monoisotopic (exact) mass is 327 g/mol. The van der Waals surface area contributed by atoms with E-state index in [1.165, 1.54) is 6.20 Å². The van der Waals surface area contributed by atoms with Gasteiger partial charge in [-0.3, -0.25) is 9.78 Å². The summed E-state index contributed by atoms with van der Waals surface area (Å²) in [5.74, 6) is 1.14. The standard InChI is InChI=1S/C17H21N5O2/c1-11-7-16(21-13(3)20-11)24-14-5-4-6-22(10-14)17(23)15-9-18-12(2)8-19-15/h7-9,14H,4-6,10H2,1-3H3. The zero-order valence-corrected chi connectivity index (χ0v) is 14.2. The Bertz CT molecular complexity index is 712. The normalized spacial score (nSPS) is 17.6. The molecule has 1 unspecified atom stereocenters. The lowest BCUT2D eigenvalue weighted by molar-refractivity contribution is 0.0521. The minimum atomic E-state index is -0.106. The summed E-state index contributed by atoms with van der Waals surface area (Å²) >= 11 is 0. The van der Waals surface area contributed by atoms with Crippen LogP contribution in [0.3, 0.4) is 0 Å². The van der Waals surface area contributed by atoms with Crippen LogP contribution in [0, 0.1) is 20.8 Å². The maximum absolute atomic E-state index is 12.6. The number of ether oxygens (including phenoxy) is 1. The van der Waals surface area contributed by atoms with Crippen LogP contribution in [0.4, 0.5) is 0 Å². The minimum absolute atomic E-state index is 0.0743. The number of piperidine rings is 1. The molecule has 2 aromatic rings. The van der Waals surface area contributed by atoms with Crippen molar-refractivity contribution in [2.75, 3.05) is 13.1 Å². The number of amides is 1. The maximum atomic E-state index is 12.6. The van der Waals surface area contributed by atoms with Crippen molar-refractivity contribution in [2.24, 2.45) is 0 Å². The fraction of sp³-hybridized carbons (Fsp3) is 0.471. The average molecular weight is 327 g/mol. The van der Waals surface area contributed by atoms with Gasteiger partial charge in [0, 0.05) is 24.5 Å². The summed E-state index contributed by atoms with van der Waals surface area (Å²) < 4.78 is 5.97. The van der Waals surface area contributed by atoms with Crippen LogP contribution in [0.1, 0.15) is 40.5 Å². The van der Waals surface area contributed by atoms with Crippen LogP contribution >= 0.6 is 0 Å². The molecule has 0 radical (unpaired) electrons. The average Bonchev–Trinajstić information content (AvgIpc) is 2.54. The number of hydrogen-bond donors (Lipinski definition) is 0. The predicted octanol–water partition coefficient (Wildman–Crippen LogP) is 1.88. The zero-order valence-electron chi connectivity index (χ0n) is 14.2. The molecule has 1 atom stereocenters. The highest BCUT2D eigenvalue weighted by Gasteiger charge is 2.26. The highest BCUT2D eigenvalue weighted by atomic mass is 16.5. The lowest BCUT2D eigenvalue weighted by Gasteiger charge is -2.32. The van der Waals surface area contributed by atoms with E-state index >= 15 is 0 Å². The van der Waals surface area contributed by atoms with Gasteiger partial charge in [0.1, 0.15) is 17.6 Å². The Kier molecular flexibility index (Phi) is 4.69. The van der Waals surface area contributed by atoms with Crippen molar-refractivity contribution < 1.29 is 9.53 Å². The first-order valence-electron chi connectivity index (χ1n) is 8.08. The van der Waals surface area contributed by atoms with Crippen LogP contribution in [0.2, 0.25) is 0 Å².